The van der Waals surface area contributed by atoms with E-state index in [1.165, 1.54) is 0 Å². The molecule has 0 saturated carbocycles. The van der Waals surface area contributed by atoms with Gasteiger partial charge in [0, 0.05) is 31.2 Å². The molecule has 0 saturated heterocycles. The number of nitrogens with one attached hydrogen (secondary N) is 2. The zero-order valence-corrected chi connectivity index (χ0v) is 12.0. The minimum Gasteiger partial charge on any atom is -0.396 e. The lowest BCUT2D eigenvalue weighted by Gasteiger charge is -2.09. The van der Waals surface area contributed by atoms with Gasteiger partial charge in [0.05, 0.1) is 11.3 Å². The maximum Gasteiger partial charge on any atom is 0.252 e. The molecule has 0 fully saturated rings. The molecule has 2 heterocycles. The van der Waals surface area contributed by atoms with E-state index in [1.807, 2.05) is 19.1 Å². The van der Waals surface area contributed by atoms with Crippen LogP contribution in [0.25, 0.3) is 0 Å². The third kappa shape index (κ3) is 4.45. The van der Waals surface area contributed by atoms with Gasteiger partial charge in [0.15, 0.2) is 0 Å². The van der Waals surface area contributed by atoms with Crippen LogP contribution in [0, 0.1) is 6.92 Å². The summed E-state index contributed by atoms with van der Waals surface area (Å²) in [7, 11) is 0. The van der Waals surface area contributed by atoms with Crippen LogP contribution < -0.4 is 16.4 Å². The van der Waals surface area contributed by atoms with Crippen molar-refractivity contribution in [2.24, 2.45) is 0 Å². The number of carbonyl (C=O) groups excluding carboxylic acids is 1. The monoisotopic (exact) mass is 285 g/mol. The largest absolute Gasteiger partial charge is 0.396 e. The van der Waals surface area contributed by atoms with E-state index in [1.54, 1.807) is 24.5 Å². The number of aryl methyl sites for hydroxylation is 1. The molecule has 4 N–H and O–H groups in total. The molecule has 0 radical (unpaired) electrons. The minimum absolute atomic E-state index is 0.115. The number of amides is 1. The first kappa shape index (κ1) is 14.8. The summed E-state index contributed by atoms with van der Waals surface area (Å²) in [5, 5.41) is 6.01. The minimum atomic E-state index is -0.115. The summed E-state index contributed by atoms with van der Waals surface area (Å²) < 4.78 is 0. The molecule has 110 valence electrons. The summed E-state index contributed by atoms with van der Waals surface area (Å²) in [5.41, 5.74) is 7.93. The van der Waals surface area contributed by atoms with Crippen LogP contribution in [0.5, 0.6) is 0 Å². The van der Waals surface area contributed by atoms with Gasteiger partial charge in [0.25, 0.3) is 5.91 Å². The van der Waals surface area contributed by atoms with Crippen LogP contribution in [0.15, 0.2) is 36.7 Å². The highest BCUT2D eigenvalue weighted by molar-refractivity contribution is 5.93. The zero-order chi connectivity index (χ0) is 15.1. The lowest BCUT2D eigenvalue weighted by atomic mass is 10.2. The van der Waals surface area contributed by atoms with Gasteiger partial charge < -0.3 is 16.4 Å². The average molecular weight is 285 g/mol. The Kier molecular flexibility index (Phi) is 5.09. The Balaban J connectivity index is 1.71. The van der Waals surface area contributed by atoms with Crippen molar-refractivity contribution in [2.75, 3.05) is 24.1 Å². The van der Waals surface area contributed by atoms with Gasteiger partial charge in [-0.1, -0.05) is 0 Å². The molecule has 0 aliphatic heterocycles. The number of hydrogen-bond donors (Lipinski definition) is 3. The van der Waals surface area contributed by atoms with Crippen molar-refractivity contribution < 1.29 is 4.79 Å². The second-order valence-corrected chi connectivity index (χ2v) is 4.67. The zero-order valence-electron chi connectivity index (χ0n) is 12.0. The second-order valence-electron chi connectivity index (χ2n) is 4.67. The van der Waals surface area contributed by atoms with Crippen molar-refractivity contribution >= 4 is 17.4 Å². The molecule has 2 aromatic rings. The first-order valence-corrected chi connectivity index (χ1v) is 6.82. The number of nitrogens with zero attached hydrogens (tertiary/aromatic N) is 2. The number of carbonyl (C=O) groups is 1. The normalized spacial score (nSPS) is 10.1. The Morgan fingerprint density at radius 3 is 2.90 bits per heavy atom. The molecule has 0 bridgehead atoms. The fourth-order valence-corrected chi connectivity index (χ4v) is 1.81. The van der Waals surface area contributed by atoms with Crippen molar-refractivity contribution in [3.8, 4) is 0 Å². The molecular weight excluding hydrogens is 266 g/mol. The molecule has 0 unspecified atom stereocenters. The molecule has 6 heteroatoms. The Morgan fingerprint density at radius 2 is 2.14 bits per heavy atom. The first-order chi connectivity index (χ1) is 10.2. The van der Waals surface area contributed by atoms with Gasteiger partial charge in [-0.3, -0.25) is 9.78 Å². The van der Waals surface area contributed by atoms with Crippen LogP contribution in [-0.2, 0) is 0 Å². The maximum atomic E-state index is 11.8. The number of hydrogen-bond acceptors (Lipinski definition) is 5. The van der Waals surface area contributed by atoms with E-state index in [0.29, 0.717) is 30.2 Å². The summed E-state index contributed by atoms with van der Waals surface area (Å²) in [4.78, 5) is 20.0. The van der Waals surface area contributed by atoms with E-state index < -0.39 is 0 Å². The van der Waals surface area contributed by atoms with E-state index in [2.05, 4.69) is 20.6 Å². The summed E-state index contributed by atoms with van der Waals surface area (Å²) in [6.07, 6.45) is 3.96. The topological polar surface area (TPSA) is 92.9 Å². The number of anilines is 2. The molecule has 1 amide bonds. The summed E-state index contributed by atoms with van der Waals surface area (Å²) in [5.74, 6) is 0.574. The summed E-state index contributed by atoms with van der Waals surface area (Å²) >= 11 is 0. The highest BCUT2D eigenvalue weighted by Crippen LogP contribution is 2.14. The molecule has 0 aromatic carbocycles. The lowest BCUT2D eigenvalue weighted by molar-refractivity contribution is 0.0953. The van der Waals surface area contributed by atoms with Gasteiger partial charge in [-0.25, -0.2) is 4.98 Å². The molecule has 0 aliphatic carbocycles. The molecule has 6 nitrogen and oxygen atoms in total. The number of pyridine rings is 2. The highest BCUT2D eigenvalue weighted by Gasteiger charge is 2.04. The molecule has 0 atom stereocenters. The smallest absolute Gasteiger partial charge is 0.252 e. The van der Waals surface area contributed by atoms with Gasteiger partial charge in [-0.05, 0) is 37.6 Å². The molecule has 0 aliphatic rings. The number of aromatic nitrogens is 2. The highest BCUT2D eigenvalue weighted by atomic mass is 16.1. The first-order valence-electron chi connectivity index (χ1n) is 6.82. The Bertz CT molecular complexity index is 600. The third-order valence-electron chi connectivity index (χ3n) is 2.92. The average Bonchev–Trinajstić information content (AvgIpc) is 2.51. The second kappa shape index (κ2) is 7.23. The molecule has 2 aromatic heterocycles. The number of nitrogens with two attached hydrogens (primary N) is 1. The van der Waals surface area contributed by atoms with Gasteiger partial charge in [-0.2, -0.15) is 0 Å². The standard InChI is InChI=1S/C15H19N5O/c1-11-5-6-13(16)14(20-11)18-8-3-9-19-15(21)12-4-2-7-17-10-12/h2,4-7,10H,3,8-9,16H2,1H3,(H,18,20)(H,19,21). The Morgan fingerprint density at radius 1 is 1.29 bits per heavy atom. The predicted octanol–water partition coefficient (Wildman–Crippen LogP) is 1.60. The Hall–Kier alpha value is -2.63. The van der Waals surface area contributed by atoms with Crippen molar-refractivity contribution in [2.45, 2.75) is 13.3 Å². The van der Waals surface area contributed by atoms with Gasteiger partial charge >= 0.3 is 0 Å². The lowest BCUT2D eigenvalue weighted by Crippen LogP contribution is -2.26. The van der Waals surface area contributed by atoms with Crippen LogP contribution >= 0.6 is 0 Å². The molecule has 21 heavy (non-hydrogen) atoms. The van der Waals surface area contributed by atoms with Crippen LogP contribution in [0.3, 0.4) is 0 Å². The van der Waals surface area contributed by atoms with E-state index in [4.69, 9.17) is 5.73 Å². The SMILES string of the molecule is Cc1ccc(N)c(NCCCNC(=O)c2cccnc2)n1. The van der Waals surface area contributed by atoms with Crippen molar-refractivity contribution in [3.05, 3.63) is 47.9 Å². The Labute approximate surface area is 123 Å². The van der Waals surface area contributed by atoms with Crippen molar-refractivity contribution in [1.82, 2.24) is 15.3 Å². The number of nitrogen functional groups attached to an aromatic ring is 1. The fraction of sp³-hybridized carbons (Fsp3) is 0.267. The van der Waals surface area contributed by atoms with Gasteiger partial charge in [-0.15, -0.1) is 0 Å². The maximum absolute atomic E-state index is 11.8. The van der Waals surface area contributed by atoms with E-state index >= 15 is 0 Å². The summed E-state index contributed by atoms with van der Waals surface area (Å²) in [6, 6.07) is 7.17. The quantitative estimate of drug-likeness (QED) is 0.701. The van der Waals surface area contributed by atoms with Crippen LogP contribution in [-0.4, -0.2) is 29.0 Å². The van der Waals surface area contributed by atoms with Crippen LogP contribution in [0.4, 0.5) is 11.5 Å². The van der Waals surface area contributed by atoms with Crippen LogP contribution in [0.2, 0.25) is 0 Å². The van der Waals surface area contributed by atoms with Crippen molar-refractivity contribution in [1.29, 1.82) is 0 Å². The summed E-state index contributed by atoms with van der Waals surface area (Å²) in [6.45, 7) is 3.18. The van der Waals surface area contributed by atoms with Crippen LogP contribution in [0.1, 0.15) is 22.5 Å². The van der Waals surface area contributed by atoms with Crippen molar-refractivity contribution in [3.63, 3.8) is 0 Å². The van der Waals surface area contributed by atoms with E-state index in [9.17, 15) is 4.79 Å². The number of rotatable bonds is 6. The fourth-order valence-electron chi connectivity index (χ4n) is 1.81. The van der Waals surface area contributed by atoms with Gasteiger partial charge in [0.1, 0.15) is 5.82 Å². The molecular formula is C15H19N5O. The van der Waals surface area contributed by atoms with E-state index in [-0.39, 0.29) is 5.91 Å². The molecule has 2 rings (SSSR count). The van der Waals surface area contributed by atoms with E-state index in [0.717, 1.165) is 12.1 Å². The molecule has 0 spiro atoms. The third-order valence-corrected chi connectivity index (χ3v) is 2.92. The van der Waals surface area contributed by atoms with Gasteiger partial charge in [0.2, 0.25) is 0 Å². The predicted molar refractivity (Wildman–Crippen MR) is 83.1 cm³/mol.